The second-order valence-corrected chi connectivity index (χ2v) is 11.7. The van der Waals surface area contributed by atoms with E-state index >= 15 is 0 Å². The van der Waals surface area contributed by atoms with Crippen LogP contribution >= 0.6 is 0 Å². The van der Waals surface area contributed by atoms with Gasteiger partial charge in [0.2, 0.25) is 11.8 Å². The summed E-state index contributed by atoms with van der Waals surface area (Å²) in [5.41, 5.74) is -1.85. The maximum absolute atomic E-state index is 14.5. The van der Waals surface area contributed by atoms with E-state index in [0.717, 1.165) is 51.4 Å². The summed E-state index contributed by atoms with van der Waals surface area (Å²) in [4.78, 5) is 45.6. The number of aliphatic hydroxyl groups is 1. The second-order valence-electron chi connectivity index (χ2n) is 11.7. The molecule has 1 aliphatic carbocycles. The fourth-order valence-electron chi connectivity index (χ4n) is 7.49. The lowest BCUT2D eigenvalue weighted by molar-refractivity contribution is -0.160. The Balaban J connectivity index is 1.66. The molecule has 2 bridgehead atoms. The highest BCUT2D eigenvalue weighted by Gasteiger charge is 2.78. The number of ether oxygens (including phenoxy) is 2. The van der Waals surface area contributed by atoms with Crippen LogP contribution in [-0.2, 0) is 23.9 Å². The molecule has 3 saturated heterocycles. The van der Waals surface area contributed by atoms with E-state index in [1.54, 1.807) is 17.1 Å². The summed E-state index contributed by atoms with van der Waals surface area (Å²) in [5, 5.41) is 9.14. The molecular formula is C30H46N2O6. The molecule has 1 N–H and O–H groups in total. The normalized spacial score (nSPS) is 32.3. The molecule has 8 nitrogen and oxygen atoms in total. The van der Waals surface area contributed by atoms with Crippen LogP contribution in [0.5, 0.6) is 0 Å². The summed E-state index contributed by atoms with van der Waals surface area (Å²) < 4.78 is 12.3. The largest absolute Gasteiger partial charge is 0.465 e. The molecule has 212 valence electrons. The smallest absolute Gasteiger partial charge is 0.312 e. The highest BCUT2D eigenvalue weighted by atomic mass is 16.6. The third-order valence-electron chi connectivity index (χ3n) is 9.26. The minimum atomic E-state index is -1.02. The van der Waals surface area contributed by atoms with Gasteiger partial charge in [-0.3, -0.25) is 14.4 Å². The van der Waals surface area contributed by atoms with Gasteiger partial charge < -0.3 is 24.4 Å². The lowest BCUT2D eigenvalue weighted by Crippen LogP contribution is -2.58. The van der Waals surface area contributed by atoms with Crippen molar-refractivity contribution in [1.82, 2.24) is 9.80 Å². The first-order chi connectivity index (χ1) is 18.3. The zero-order valence-corrected chi connectivity index (χ0v) is 23.1. The quantitative estimate of drug-likeness (QED) is 0.209. The van der Waals surface area contributed by atoms with Crippen LogP contribution in [0, 0.1) is 11.8 Å². The van der Waals surface area contributed by atoms with Crippen molar-refractivity contribution in [2.45, 2.75) is 107 Å². The SMILES string of the molecule is C=CCCOC(=O)[C@H]1[C@H]2C(=O)N(CCCCCCO)C(C(=O)N(CC=C)C3CCCCC3)C23CC[C@]1(C)O3. The molecule has 2 amide bonds. The van der Waals surface area contributed by atoms with Crippen molar-refractivity contribution in [2.24, 2.45) is 11.8 Å². The van der Waals surface area contributed by atoms with Crippen LogP contribution in [0.3, 0.4) is 0 Å². The summed E-state index contributed by atoms with van der Waals surface area (Å²) in [5.74, 6) is -2.11. The molecule has 4 rings (SSSR count). The maximum Gasteiger partial charge on any atom is 0.312 e. The molecule has 5 atom stereocenters. The molecule has 0 aromatic heterocycles. The van der Waals surface area contributed by atoms with Gasteiger partial charge in [-0.1, -0.05) is 44.3 Å². The van der Waals surface area contributed by atoms with Gasteiger partial charge in [-0.15, -0.1) is 13.2 Å². The molecule has 38 heavy (non-hydrogen) atoms. The van der Waals surface area contributed by atoms with Gasteiger partial charge in [0.1, 0.15) is 17.6 Å². The first kappa shape index (κ1) is 28.8. The predicted molar refractivity (Wildman–Crippen MR) is 144 cm³/mol. The number of esters is 1. The summed E-state index contributed by atoms with van der Waals surface area (Å²) in [6.45, 7) is 10.7. The summed E-state index contributed by atoms with van der Waals surface area (Å²) in [6.07, 6.45) is 13.6. The summed E-state index contributed by atoms with van der Waals surface area (Å²) in [7, 11) is 0. The third kappa shape index (κ3) is 5.18. The Bertz CT molecular complexity index is 901. The average molecular weight is 531 g/mol. The maximum atomic E-state index is 14.5. The molecule has 3 heterocycles. The standard InChI is InChI=1S/C30H46N2O6/c1-4-6-21-37-28(36)24-23-26(34)32(19-12-7-8-13-20-33)25(30(23)17-16-29(24,3)38-30)27(35)31(18-5-2)22-14-10-9-11-15-22/h4-5,22-25,33H,1-2,6-21H2,3H3/t23-,24+,25?,29-,30?/m0/s1. The van der Waals surface area contributed by atoms with Crippen LogP contribution in [0.1, 0.15) is 84.0 Å². The Hall–Kier alpha value is -2.19. The van der Waals surface area contributed by atoms with Crippen molar-refractivity contribution >= 4 is 17.8 Å². The predicted octanol–water partition coefficient (Wildman–Crippen LogP) is 3.77. The van der Waals surface area contributed by atoms with E-state index in [9.17, 15) is 14.4 Å². The van der Waals surface area contributed by atoms with Gasteiger partial charge in [0.05, 0.1) is 18.1 Å². The molecule has 4 fully saturated rings. The van der Waals surface area contributed by atoms with Crippen LogP contribution < -0.4 is 0 Å². The van der Waals surface area contributed by atoms with Gasteiger partial charge in [0.15, 0.2) is 0 Å². The Labute approximate surface area is 227 Å². The number of nitrogens with zero attached hydrogens (tertiary/aromatic N) is 2. The average Bonchev–Trinajstić information content (AvgIpc) is 3.48. The first-order valence-electron chi connectivity index (χ1n) is 14.6. The highest BCUT2D eigenvalue weighted by Crippen LogP contribution is 2.63. The molecule has 4 aliphatic rings. The number of unbranched alkanes of at least 4 members (excludes halogenated alkanes) is 3. The Morgan fingerprint density at radius 1 is 1.13 bits per heavy atom. The van der Waals surface area contributed by atoms with Gasteiger partial charge in [-0.25, -0.2) is 0 Å². The van der Waals surface area contributed by atoms with E-state index in [-0.39, 0.29) is 31.1 Å². The Morgan fingerprint density at radius 2 is 1.87 bits per heavy atom. The second kappa shape index (κ2) is 12.3. The zero-order chi connectivity index (χ0) is 27.3. The van der Waals surface area contributed by atoms with Crippen LogP contribution in [-0.4, -0.2) is 82.3 Å². The molecule has 1 spiro atoms. The molecule has 2 unspecified atom stereocenters. The zero-order valence-electron chi connectivity index (χ0n) is 23.1. The number of carbonyl (C=O) groups is 3. The topological polar surface area (TPSA) is 96.4 Å². The van der Waals surface area contributed by atoms with Crippen molar-refractivity contribution < 1.29 is 29.0 Å². The van der Waals surface area contributed by atoms with E-state index in [4.69, 9.17) is 14.6 Å². The minimum Gasteiger partial charge on any atom is -0.465 e. The molecular weight excluding hydrogens is 484 g/mol. The van der Waals surface area contributed by atoms with Gasteiger partial charge in [-0.2, -0.15) is 0 Å². The van der Waals surface area contributed by atoms with Crippen molar-refractivity contribution in [3.8, 4) is 0 Å². The van der Waals surface area contributed by atoms with E-state index in [2.05, 4.69) is 13.2 Å². The molecule has 8 heteroatoms. The van der Waals surface area contributed by atoms with Crippen molar-refractivity contribution in [3.63, 3.8) is 0 Å². The van der Waals surface area contributed by atoms with Crippen LogP contribution in [0.4, 0.5) is 0 Å². The molecule has 0 aromatic carbocycles. The van der Waals surface area contributed by atoms with Crippen LogP contribution in [0.15, 0.2) is 25.3 Å². The first-order valence-corrected chi connectivity index (χ1v) is 14.6. The summed E-state index contributed by atoms with van der Waals surface area (Å²) in [6, 6.07) is -0.632. The minimum absolute atomic E-state index is 0.0760. The molecule has 1 saturated carbocycles. The fraction of sp³-hybridized carbons (Fsp3) is 0.767. The number of fused-ring (bicyclic) bond motifs is 1. The third-order valence-corrected chi connectivity index (χ3v) is 9.26. The van der Waals surface area contributed by atoms with Crippen LogP contribution in [0.25, 0.3) is 0 Å². The van der Waals surface area contributed by atoms with Crippen molar-refractivity contribution in [2.75, 3.05) is 26.3 Å². The van der Waals surface area contributed by atoms with E-state index < -0.39 is 35.0 Å². The van der Waals surface area contributed by atoms with Crippen LogP contribution in [0.2, 0.25) is 0 Å². The lowest BCUT2D eigenvalue weighted by atomic mass is 9.66. The number of aliphatic hydroxyl groups excluding tert-OH is 1. The van der Waals surface area contributed by atoms with Gasteiger partial charge in [0.25, 0.3) is 0 Å². The number of hydrogen-bond acceptors (Lipinski definition) is 6. The highest BCUT2D eigenvalue weighted by molar-refractivity contribution is 5.98. The number of carbonyl (C=O) groups excluding carboxylic acids is 3. The fourth-order valence-corrected chi connectivity index (χ4v) is 7.49. The number of amides is 2. The molecule has 3 aliphatic heterocycles. The monoisotopic (exact) mass is 530 g/mol. The van der Waals surface area contributed by atoms with Crippen molar-refractivity contribution in [3.05, 3.63) is 25.3 Å². The van der Waals surface area contributed by atoms with Crippen molar-refractivity contribution in [1.29, 1.82) is 0 Å². The molecule has 0 radical (unpaired) electrons. The number of rotatable bonds is 14. The van der Waals surface area contributed by atoms with E-state index in [0.29, 0.717) is 32.4 Å². The van der Waals surface area contributed by atoms with Gasteiger partial charge >= 0.3 is 5.97 Å². The number of likely N-dealkylation sites (tertiary alicyclic amines) is 1. The lowest BCUT2D eigenvalue weighted by Gasteiger charge is -2.40. The summed E-state index contributed by atoms with van der Waals surface area (Å²) >= 11 is 0. The van der Waals surface area contributed by atoms with Gasteiger partial charge in [-0.05, 0) is 51.9 Å². The Kier molecular flexibility index (Phi) is 9.35. The Morgan fingerprint density at radius 3 is 2.55 bits per heavy atom. The van der Waals surface area contributed by atoms with E-state index in [1.807, 2.05) is 11.8 Å². The van der Waals surface area contributed by atoms with E-state index in [1.165, 1.54) is 6.42 Å². The number of hydrogen-bond donors (Lipinski definition) is 1. The van der Waals surface area contributed by atoms with Gasteiger partial charge in [0, 0.05) is 25.7 Å². The molecule has 0 aromatic rings.